The van der Waals surface area contributed by atoms with E-state index in [2.05, 4.69) is 35.2 Å². The van der Waals surface area contributed by atoms with Gasteiger partial charge in [-0.15, -0.1) is 0 Å². The number of piperidine rings is 1. The molecule has 3 rings (SSSR count). The Kier molecular flexibility index (Phi) is 2.26. The maximum Gasteiger partial charge on any atom is 0.0233 e. The molecule has 1 saturated carbocycles. The molecule has 2 nitrogen and oxygen atoms in total. The van der Waals surface area contributed by atoms with E-state index in [1.807, 2.05) is 0 Å². The van der Waals surface area contributed by atoms with E-state index in [0.717, 1.165) is 30.8 Å². The molecule has 0 bridgehead atoms. The average molecular weight is 202 g/mol. The average Bonchev–Trinajstić information content (AvgIpc) is 2.75. The summed E-state index contributed by atoms with van der Waals surface area (Å²) < 4.78 is 0. The maximum atomic E-state index is 5.70. The fourth-order valence-corrected chi connectivity index (χ4v) is 3.06. The highest BCUT2D eigenvalue weighted by molar-refractivity contribution is 5.16. The summed E-state index contributed by atoms with van der Waals surface area (Å²) in [5.41, 5.74) is 7.14. The molecule has 2 fully saturated rings. The van der Waals surface area contributed by atoms with Gasteiger partial charge in [0.2, 0.25) is 0 Å². The van der Waals surface area contributed by atoms with E-state index in [9.17, 15) is 0 Å². The van der Waals surface area contributed by atoms with E-state index in [4.69, 9.17) is 5.73 Å². The molecule has 15 heavy (non-hydrogen) atoms. The van der Waals surface area contributed by atoms with Gasteiger partial charge < -0.3 is 5.73 Å². The van der Waals surface area contributed by atoms with Crippen molar-refractivity contribution in [3.05, 3.63) is 35.9 Å². The molecule has 0 aromatic heterocycles. The summed E-state index contributed by atoms with van der Waals surface area (Å²) in [7, 11) is 0. The Morgan fingerprint density at radius 3 is 2.40 bits per heavy atom. The van der Waals surface area contributed by atoms with Gasteiger partial charge in [0.05, 0.1) is 0 Å². The topological polar surface area (TPSA) is 29.3 Å². The van der Waals surface area contributed by atoms with Crippen LogP contribution in [-0.2, 0) is 6.54 Å². The molecule has 0 spiro atoms. The van der Waals surface area contributed by atoms with Crippen LogP contribution in [0.15, 0.2) is 30.3 Å². The molecule has 1 aromatic rings. The lowest BCUT2D eigenvalue weighted by atomic mass is 10.2. The number of fused-ring (bicyclic) bond motifs is 1. The quantitative estimate of drug-likeness (QED) is 0.801. The minimum Gasteiger partial charge on any atom is -0.330 e. The van der Waals surface area contributed by atoms with E-state index < -0.39 is 0 Å². The summed E-state index contributed by atoms with van der Waals surface area (Å²) in [6, 6.07) is 10.7. The fourth-order valence-electron chi connectivity index (χ4n) is 3.06. The molecule has 2 N–H and O–H groups in total. The maximum absolute atomic E-state index is 5.70. The Balaban J connectivity index is 1.56. The van der Waals surface area contributed by atoms with Gasteiger partial charge in [-0.1, -0.05) is 30.3 Å². The fraction of sp³-hybridized carbons (Fsp3) is 0.538. The highest BCUT2D eigenvalue weighted by atomic mass is 15.2. The number of nitrogens with zero attached hydrogens (tertiary/aromatic N) is 1. The van der Waals surface area contributed by atoms with Crippen LogP contribution in [0.3, 0.4) is 0 Å². The van der Waals surface area contributed by atoms with Gasteiger partial charge in [0, 0.05) is 19.6 Å². The highest BCUT2D eigenvalue weighted by Crippen LogP contribution is 2.51. The first kappa shape index (κ1) is 9.37. The minimum atomic E-state index is 0.844. The summed E-state index contributed by atoms with van der Waals surface area (Å²) in [5, 5.41) is 0. The van der Waals surface area contributed by atoms with Gasteiger partial charge in [-0.3, -0.25) is 4.90 Å². The normalized spacial score (nSPS) is 34.1. The first-order valence-electron chi connectivity index (χ1n) is 5.85. The van der Waals surface area contributed by atoms with Crippen molar-refractivity contribution < 1.29 is 0 Å². The van der Waals surface area contributed by atoms with E-state index in [1.165, 1.54) is 18.7 Å². The largest absolute Gasteiger partial charge is 0.330 e. The molecule has 1 aliphatic heterocycles. The SMILES string of the molecule is NC[C@@H]1[C@H]2CN(Cc3ccccc3)C[C@@H]12. The van der Waals surface area contributed by atoms with Crippen molar-refractivity contribution in [3.8, 4) is 0 Å². The zero-order valence-corrected chi connectivity index (χ0v) is 8.97. The van der Waals surface area contributed by atoms with Crippen LogP contribution in [0, 0.1) is 17.8 Å². The first-order valence-corrected chi connectivity index (χ1v) is 5.85. The molecule has 0 unspecified atom stereocenters. The molecule has 1 heterocycles. The zero-order valence-electron chi connectivity index (χ0n) is 8.97. The Bertz CT molecular complexity index is 324. The molecule has 1 aromatic carbocycles. The summed E-state index contributed by atoms with van der Waals surface area (Å²) in [5.74, 6) is 2.68. The summed E-state index contributed by atoms with van der Waals surface area (Å²) in [6.07, 6.45) is 0. The third-order valence-electron chi connectivity index (χ3n) is 3.97. The van der Waals surface area contributed by atoms with Crippen molar-refractivity contribution >= 4 is 0 Å². The van der Waals surface area contributed by atoms with Crippen LogP contribution in [0.25, 0.3) is 0 Å². The van der Waals surface area contributed by atoms with Gasteiger partial charge >= 0.3 is 0 Å². The molecule has 2 heteroatoms. The van der Waals surface area contributed by atoms with E-state index in [0.29, 0.717) is 0 Å². The van der Waals surface area contributed by atoms with Crippen LogP contribution >= 0.6 is 0 Å². The van der Waals surface area contributed by atoms with Crippen molar-refractivity contribution in [2.75, 3.05) is 19.6 Å². The lowest BCUT2D eigenvalue weighted by Crippen LogP contribution is -2.25. The molecule has 2 aliphatic rings. The van der Waals surface area contributed by atoms with Crippen LogP contribution < -0.4 is 5.73 Å². The smallest absolute Gasteiger partial charge is 0.0233 e. The summed E-state index contributed by atoms with van der Waals surface area (Å²) in [4.78, 5) is 2.57. The van der Waals surface area contributed by atoms with Crippen LogP contribution in [-0.4, -0.2) is 24.5 Å². The van der Waals surface area contributed by atoms with Crippen molar-refractivity contribution in [2.45, 2.75) is 6.54 Å². The lowest BCUT2D eigenvalue weighted by molar-refractivity contribution is 0.279. The van der Waals surface area contributed by atoms with Gasteiger partial charge in [0.25, 0.3) is 0 Å². The Morgan fingerprint density at radius 1 is 1.13 bits per heavy atom. The predicted molar refractivity (Wildman–Crippen MR) is 61.2 cm³/mol. The van der Waals surface area contributed by atoms with Crippen LogP contribution in [0.1, 0.15) is 5.56 Å². The molecule has 80 valence electrons. The second-order valence-corrected chi connectivity index (χ2v) is 4.91. The molecule has 0 radical (unpaired) electrons. The standard InChI is InChI=1S/C13H18N2/c14-6-11-12-8-15(9-13(11)12)7-10-4-2-1-3-5-10/h1-5,11-13H,6-9,14H2/t11-,12-,13+. The Hall–Kier alpha value is -0.860. The molecule has 1 saturated heterocycles. The predicted octanol–water partition coefficient (Wildman–Crippen LogP) is 1.32. The molecule has 1 aliphatic carbocycles. The van der Waals surface area contributed by atoms with Gasteiger partial charge in [-0.2, -0.15) is 0 Å². The van der Waals surface area contributed by atoms with E-state index in [1.54, 1.807) is 0 Å². The number of rotatable bonds is 3. The molecular formula is C13H18N2. The van der Waals surface area contributed by atoms with E-state index >= 15 is 0 Å². The number of benzene rings is 1. The van der Waals surface area contributed by atoms with Crippen LogP contribution in [0.4, 0.5) is 0 Å². The monoisotopic (exact) mass is 202 g/mol. The van der Waals surface area contributed by atoms with Crippen molar-refractivity contribution in [1.82, 2.24) is 4.90 Å². The first-order chi connectivity index (χ1) is 7.38. The highest BCUT2D eigenvalue weighted by Gasteiger charge is 2.54. The Labute approximate surface area is 91.1 Å². The Morgan fingerprint density at radius 2 is 1.80 bits per heavy atom. The number of hydrogen-bond donors (Lipinski definition) is 1. The number of hydrogen-bond acceptors (Lipinski definition) is 2. The van der Waals surface area contributed by atoms with Crippen molar-refractivity contribution in [1.29, 1.82) is 0 Å². The summed E-state index contributed by atoms with van der Waals surface area (Å²) in [6.45, 7) is 4.54. The minimum absolute atomic E-state index is 0.844. The van der Waals surface area contributed by atoms with Gasteiger partial charge in [0.1, 0.15) is 0 Å². The van der Waals surface area contributed by atoms with Crippen LogP contribution in [0.2, 0.25) is 0 Å². The molecule has 0 amide bonds. The second-order valence-electron chi connectivity index (χ2n) is 4.91. The zero-order chi connectivity index (χ0) is 10.3. The van der Waals surface area contributed by atoms with Gasteiger partial charge in [0.15, 0.2) is 0 Å². The molecular weight excluding hydrogens is 184 g/mol. The van der Waals surface area contributed by atoms with Gasteiger partial charge in [-0.25, -0.2) is 0 Å². The van der Waals surface area contributed by atoms with Gasteiger partial charge in [-0.05, 0) is 29.9 Å². The second kappa shape index (κ2) is 3.62. The van der Waals surface area contributed by atoms with Crippen LogP contribution in [0.5, 0.6) is 0 Å². The number of likely N-dealkylation sites (tertiary alicyclic amines) is 1. The summed E-state index contributed by atoms with van der Waals surface area (Å²) >= 11 is 0. The lowest BCUT2D eigenvalue weighted by Gasteiger charge is -2.18. The number of nitrogens with two attached hydrogens (primary N) is 1. The van der Waals surface area contributed by atoms with E-state index in [-0.39, 0.29) is 0 Å². The third kappa shape index (κ3) is 1.68. The van der Waals surface area contributed by atoms with Crippen molar-refractivity contribution in [2.24, 2.45) is 23.5 Å². The molecule has 3 atom stereocenters. The third-order valence-corrected chi connectivity index (χ3v) is 3.97. The van der Waals surface area contributed by atoms with Crippen molar-refractivity contribution in [3.63, 3.8) is 0 Å².